The maximum Gasteiger partial charge on any atom is 0.144 e. The summed E-state index contributed by atoms with van der Waals surface area (Å²) in [7, 11) is 2.08. The number of anilines is 1. The maximum atomic E-state index is 6.20. The van der Waals surface area contributed by atoms with Crippen molar-refractivity contribution in [3.05, 3.63) is 71.5 Å². The van der Waals surface area contributed by atoms with Crippen molar-refractivity contribution < 1.29 is 4.74 Å². The number of aromatic nitrogens is 2. The highest BCUT2D eigenvalue weighted by Crippen LogP contribution is 2.39. The molecule has 0 amide bonds. The molecule has 1 aromatic heterocycles. The van der Waals surface area contributed by atoms with Gasteiger partial charge in [0.15, 0.2) is 0 Å². The largest absolute Gasteiger partial charge is 0.457 e. The van der Waals surface area contributed by atoms with Gasteiger partial charge in [-0.3, -0.25) is 0 Å². The van der Waals surface area contributed by atoms with E-state index in [1.165, 1.54) is 22.2 Å². The summed E-state index contributed by atoms with van der Waals surface area (Å²) < 4.78 is 8.38. The zero-order chi connectivity index (χ0) is 20.8. The lowest BCUT2D eigenvalue weighted by molar-refractivity contribution is 0.447. The number of ether oxygens (including phenoxy) is 1. The lowest BCUT2D eigenvalue weighted by Crippen LogP contribution is -2.21. The topological polar surface area (TPSA) is 30.3 Å². The number of imidazole rings is 1. The molecule has 4 nitrogen and oxygen atoms in total. The van der Waals surface area contributed by atoms with E-state index in [1.54, 1.807) is 0 Å². The molecule has 1 aliphatic carbocycles. The van der Waals surface area contributed by atoms with Gasteiger partial charge in [0.25, 0.3) is 0 Å². The standard InChI is InChI=1S/C26H27N3O/c1-5-29(6-2)21-12-11-18-13-20-15-22(17(3)30-25(20)16-19(18)14-21)26-27-23-9-7-8-10-24(23)28(26)4/h7,9,11-16H,3,5-6,8,10H2,1-2,4H3. The highest BCUT2D eigenvalue weighted by atomic mass is 16.5. The van der Waals surface area contributed by atoms with E-state index in [4.69, 9.17) is 9.72 Å². The van der Waals surface area contributed by atoms with Gasteiger partial charge in [-0.1, -0.05) is 18.7 Å². The number of nitrogens with zero attached hydrogens (tertiary/aromatic N) is 3. The third kappa shape index (κ3) is 2.95. The minimum atomic E-state index is 0.649. The van der Waals surface area contributed by atoms with Crippen LogP contribution in [-0.4, -0.2) is 22.6 Å². The van der Waals surface area contributed by atoms with Crippen molar-refractivity contribution in [2.24, 2.45) is 7.05 Å². The van der Waals surface area contributed by atoms with Gasteiger partial charge >= 0.3 is 0 Å². The summed E-state index contributed by atoms with van der Waals surface area (Å²) in [6.07, 6.45) is 8.55. The van der Waals surface area contributed by atoms with Crippen LogP contribution in [0.1, 0.15) is 43.0 Å². The van der Waals surface area contributed by atoms with E-state index in [2.05, 4.69) is 85.5 Å². The van der Waals surface area contributed by atoms with Crippen molar-refractivity contribution >= 4 is 34.2 Å². The summed E-state index contributed by atoms with van der Waals surface area (Å²) >= 11 is 0. The average molecular weight is 398 g/mol. The molecule has 0 unspecified atom stereocenters. The molecule has 5 rings (SSSR count). The van der Waals surface area contributed by atoms with Crippen molar-refractivity contribution in [1.82, 2.24) is 9.55 Å². The quantitative estimate of drug-likeness (QED) is 0.555. The number of hydrogen-bond acceptors (Lipinski definition) is 3. The molecule has 30 heavy (non-hydrogen) atoms. The van der Waals surface area contributed by atoms with Crippen LogP contribution in [0, 0.1) is 0 Å². The minimum Gasteiger partial charge on any atom is -0.457 e. The molecule has 0 saturated heterocycles. The van der Waals surface area contributed by atoms with Gasteiger partial charge in [0, 0.05) is 37.1 Å². The Hall–Kier alpha value is -3.27. The fourth-order valence-corrected chi connectivity index (χ4v) is 4.52. The van der Waals surface area contributed by atoms with E-state index >= 15 is 0 Å². The molecule has 0 atom stereocenters. The molecule has 2 heterocycles. The van der Waals surface area contributed by atoms with E-state index in [0.29, 0.717) is 5.76 Å². The van der Waals surface area contributed by atoms with Crippen LogP contribution in [0.3, 0.4) is 0 Å². The minimum absolute atomic E-state index is 0.649. The van der Waals surface area contributed by atoms with Gasteiger partial charge in [0.1, 0.15) is 17.3 Å². The highest BCUT2D eigenvalue weighted by molar-refractivity contribution is 5.96. The molecule has 0 bridgehead atoms. The zero-order valence-corrected chi connectivity index (χ0v) is 17.9. The van der Waals surface area contributed by atoms with E-state index < -0.39 is 0 Å². The maximum absolute atomic E-state index is 6.20. The fraction of sp³-hybridized carbons (Fsp3) is 0.269. The number of allylic oxidation sites excluding steroid dienone is 2. The summed E-state index contributed by atoms with van der Waals surface area (Å²) in [6.45, 7) is 10.6. The summed E-state index contributed by atoms with van der Waals surface area (Å²) in [5.74, 6) is 2.42. The van der Waals surface area contributed by atoms with Crippen molar-refractivity contribution in [3.63, 3.8) is 0 Å². The predicted octanol–water partition coefficient (Wildman–Crippen LogP) is 5.83. The second kappa shape index (κ2) is 7.21. The van der Waals surface area contributed by atoms with E-state index in [1.807, 2.05) is 0 Å². The number of rotatable bonds is 4. The van der Waals surface area contributed by atoms with E-state index in [0.717, 1.165) is 54.3 Å². The van der Waals surface area contributed by atoms with Crippen LogP contribution in [0.15, 0.2) is 48.7 Å². The summed E-state index contributed by atoms with van der Waals surface area (Å²) in [4.78, 5) is 7.23. The van der Waals surface area contributed by atoms with Crippen LogP contribution in [-0.2, 0) is 13.5 Å². The molecule has 0 spiro atoms. The number of fused-ring (bicyclic) bond motifs is 3. The monoisotopic (exact) mass is 397 g/mol. The van der Waals surface area contributed by atoms with Crippen LogP contribution in [0.5, 0.6) is 5.75 Å². The molecule has 3 aromatic rings. The first-order chi connectivity index (χ1) is 14.6. The molecule has 0 N–H and O–H groups in total. The van der Waals surface area contributed by atoms with Crippen LogP contribution in [0.4, 0.5) is 5.69 Å². The third-order valence-electron chi connectivity index (χ3n) is 6.22. The first-order valence-electron chi connectivity index (χ1n) is 10.7. The van der Waals surface area contributed by atoms with Gasteiger partial charge in [0.2, 0.25) is 0 Å². The second-order valence-electron chi connectivity index (χ2n) is 7.94. The Bertz CT molecular complexity index is 1220. The molecule has 2 aliphatic rings. The van der Waals surface area contributed by atoms with Crippen molar-refractivity contribution in [3.8, 4) is 5.75 Å². The first-order valence-corrected chi connectivity index (χ1v) is 10.7. The highest BCUT2D eigenvalue weighted by Gasteiger charge is 2.24. The SMILES string of the molecule is C=C1Oc2cc3cc(N(CC)CC)ccc3cc2C=C1c1nc2c(n1C)CCC=C2. The molecule has 2 aromatic carbocycles. The lowest BCUT2D eigenvalue weighted by Gasteiger charge is -2.23. The summed E-state index contributed by atoms with van der Waals surface area (Å²) in [5.41, 5.74) is 5.59. The number of hydrogen-bond donors (Lipinski definition) is 0. The smallest absolute Gasteiger partial charge is 0.144 e. The molecule has 0 saturated carbocycles. The predicted molar refractivity (Wildman–Crippen MR) is 126 cm³/mol. The average Bonchev–Trinajstić information content (AvgIpc) is 3.09. The second-order valence-corrected chi connectivity index (χ2v) is 7.94. The first kappa shape index (κ1) is 18.7. The summed E-state index contributed by atoms with van der Waals surface area (Å²) in [5, 5.41) is 2.39. The van der Waals surface area contributed by atoms with E-state index in [9.17, 15) is 0 Å². The molecular weight excluding hydrogens is 370 g/mol. The zero-order valence-electron chi connectivity index (χ0n) is 17.9. The van der Waals surface area contributed by atoms with Crippen LogP contribution in [0.2, 0.25) is 0 Å². The Labute approximate surface area is 177 Å². The summed E-state index contributed by atoms with van der Waals surface area (Å²) in [6, 6.07) is 11.0. The molecule has 0 radical (unpaired) electrons. The fourth-order valence-electron chi connectivity index (χ4n) is 4.52. The Morgan fingerprint density at radius 1 is 1.13 bits per heavy atom. The third-order valence-corrected chi connectivity index (χ3v) is 6.22. The van der Waals surface area contributed by atoms with Crippen molar-refractivity contribution in [2.75, 3.05) is 18.0 Å². The van der Waals surface area contributed by atoms with Crippen LogP contribution < -0.4 is 9.64 Å². The van der Waals surface area contributed by atoms with Crippen molar-refractivity contribution in [2.45, 2.75) is 26.7 Å². The Morgan fingerprint density at radius 2 is 1.97 bits per heavy atom. The van der Waals surface area contributed by atoms with Gasteiger partial charge in [-0.15, -0.1) is 0 Å². The molecule has 4 heteroatoms. The Balaban J connectivity index is 1.59. The van der Waals surface area contributed by atoms with E-state index in [-0.39, 0.29) is 0 Å². The van der Waals surface area contributed by atoms with Crippen LogP contribution in [0.25, 0.3) is 28.5 Å². The van der Waals surface area contributed by atoms with Gasteiger partial charge in [-0.05, 0) is 73.9 Å². The van der Waals surface area contributed by atoms with Gasteiger partial charge < -0.3 is 14.2 Å². The van der Waals surface area contributed by atoms with Crippen molar-refractivity contribution in [1.29, 1.82) is 0 Å². The Morgan fingerprint density at radius 3 is 2.73 bits per heavy atom. The lowest BCUT2D eigenvalue weighted by atomic mass is 10.00. The molecule has 1 aliphatic heterocycles. The Kier molecular flexibility index (Phi) is 4.50. The van der Waals surface area contributed by atoms with Gasteiger partial charge in [0.05, 0.1) is 11.3 Å². The number of benzene rings is 2. The normalized spacial score (nSPS) is 14.9. The van der Waals surface area contributed by atoms with Crippen LogP contribution >= 0.6 is 0 Å². The van der Waals surface area contributed by atoms with Gasteiger partial charge in [-0.2, -0.15) is 0 Å². The molecular formula is C26H27N3O. The van der Waals surface area contributed by atoms with Gasteiger partial charge in [-0.25, -0.2) is 4.98 Å². The molecule has 152 valence electrons. The molecule has 0 fully saturated rings.